The topological polar surface area (TPSA) is 75.7 Å². The van der Waals surface area contributed by atoms with Gasteiger partial charge in [0.25, 0.3) is 5.91 Å². The summed E-state index contributed by atoms with van der Waals surface area (Å²) < 4.78 is 33.6. The maximum absolute atomic E-state index is 12.8. The van der Waals surface area contributed by atoms with Crippen LogP contribution in [0.2, 0.25) is 5.02 Å². The Morgan fingerprint density at radius 2 is 1.73 bits per heavy atom. The summed E-state index contributed by atoms with van der Waals surface area (Å²) in [7, 11) is -3.52. The van der Waals surface area contributed by atoms with E-state index in [1.165, 1.54) is 12.1 Å². The fourth-order valence-corrected chi connectivity index (χ4v) is 5.49. The molecule has 1 saturated heterocycles. The van der Waals surface area contributed by atoms with Crippen LogP contribution in [0, 0.1) is 0 Å². The molecule has 1 aliphatic rings. The average Bonchev–Trinajstić information content (AvgIpc) is 3.00. The first-order valence-corrected chi connectivity index (χ1v) is 12.4. The number of amides is 1. The third kappa shape index (κ3) is 5.75. The van der Waals surface area contributed by atoms with Crippen molar-refractivity contribution >= 4 is 49.1 Å². The fraction of sp³-hybridized carbons (Fsp3) is 0.381. The maximum Gasteiger partial charge on any atom is 0.265 e. The number of hydrogen-bond acceptors (Lipinski definition) is 4. The largest absolute Gasteiger partial charge is 0.480 e. The molecule has 0 aliphatic carbocycles. The number of ether oxygens (including phenoxy) is 1. The monoisotopic (exact) mass is 514 g/mol. The van der Waals surface area contributed by atoms with Crippen LogP contribution in [0.25, 0.3) is 0 Å². The van der Waals surface area contributed by atoms with Crippen LogP contribution in [-0.4, -0.2) is 37.8 Å². The van der Waals surface area contributed by atoms with Crippen LogP contribution >= 0.6 is 27.5 Å². The van der Waals surface area contributed by atoms with Crippen molar-refractivity contribution in [3.05, 3.63) is 52.0 Å². The van der Waals surface area contributed by atoms with Crippen LogP contribution in [0.4, 0.5) is 5.69 Å². The van der Waals surface area contributed by atoms with Gasteiger partial charge < -0.3 is 10.1 Å². The molecule has 1 fully saturated rings. The van der Waals surface area contributed by atoms with Gasteiger partial charge >= 0.3 is 0 Å². The minimum atomic E-state index is -3.52. The van der Waals surface area contributed by atoms with Crippen LogP contribution in [-0.2, 0) is 14.8 Å². The van der Waals surface area contributed by atoms with E-state index in [9.17, 15) is 13.2 Å². The Balaban J connectivity index is 1.63. The highest BCUT2D eigenvalue weighted by molar-refractivity contribution is 9.10. The number of anilines is 1. The van der Waals surface area contributed by atoms with Gasteiger partial charge in [-0.2, -0.15) is 4.31 Å². The predicted molar refractivity (Wildman–Crippen MR) is 122 cm³/mol. The molecule has 0 spiro atoms. The van der Waals surface area contributed by atoms with Crippen molar-refractivity contribution in [1.29, 1.82) is 0 Å². The maximum atomic E-state index is 12.8. The number of benzene rings is 2. The van der Waals surface area contributed by atoms with Gasteiger partial charge in [0.1, 0.15) is 5.75 Å². The molecular formula is C21H24BrClN2O4S. The van der Waals surface area contributed by atoms with Crippen molar-refractivity contribution in [2.75, 3.05) is 18.4 Å². The first kappa shape index (κ1) is 23.1. The van der Waals surface area contributed by atoms with Gasteiger partial charge in [0.2, 0.25) is 10.0 Å². The molecule has 0 saturated carbocycles. The van der Waals surface area contributed by atoms with Gasteiger partial charge in [-0.25, -0.2) is 8.42 Å². The van der Waals surface area contributed by atoms with Crippen LogP contribution in [0.15, 0.2) is 51.8 Å². The molecule has 6 nitrogen and oxygen atoms in total. The summed E-state index contributed by atoms with van der Waals surface area (Å²) in [6, 6.07) is 11.3. The zero-order valence-electron chi connectivity index (χ0n) is 16.6. The molecule has 0 radical (unpaired) electrons. The van der Waals surface area contributed by atoms with Crippen molar-refractivity contribution in [2.45, 2.75) is 43.6 Å². The second-order valence-corrected chi connectivity index (χ2v) is 10.4. The second-order valence-electron chi connectivity index (χ2n) is 7.17. The van der Waals surface area contributed by atoms with E-state index in [4.69, 9.17) is 16.3 Å². The lowest BCUT2D eigenvalue weighted by Crippen LogP contribution is -2.32. The first-order valence-electron chi connectivity index (χ1n) is 9.80. The average molecular weight is 516 g/mol. The molecule has 1 N–H and O–H groups in total. The molecule has 0 aromatic heterocycles. The van der Waals surface area contributed by atoms with Crippen molar-refractivity contribution in [2.24, 2.45) is 0 Å². The van der Waals surface area contributed by atoms with Crippen molar-refractivity contribution in [3.63, 3.8) is 0 Å². The van der Waals surface area contributed by atoms with Crippen molar-refractivity contribution in [3.8, 4) is 5.75 Å². The summed E-state index contributed by atoms with van der Waals surface area (Å²) in [4.78, 5) is 12.7. The summed E-state index contributed by atoms with van der Waals surface area (Å²) in [5, 5.41) is 3.30. The molecular weight excluding hydrogens is 492 g/mol. The number of sulfonamides is 1. The molecule has 1 unspecified atom stereocenters. The molecule has 2 aromatic rings. The zero-order chi connectivity index (χ0) is 21.7. The zero-order valence-corrected chi connectivity index (χ0v) is 19.8. The summed E-state index contributed by atoms with van der Waals surface area (Å²) >= 11 is 9.27. The second kappa shape index (κ2) is 10.1. The minimum absolute atomic E-state index is 0.233. The van der Waals surface area contributed by atoms with E-state index in [1.807, 2.05) is 0 Å². The number of nitrogens with zero attached hydrogens (tertiary/aromatic N) is 1. The Morgan fingerprint density at radius 3 is 2.33 bits per heavy atom. The van der Waals surface area contributed by atoms with Gasteiger partial charge in [0, 0.05) is 23.8 Å². The summed E-state index contributed by atoms with van der Waals surface area (Å²) in [5.41, 5.74) is 0.500. The van der Waals surface area contributed by atoms with Gasteiger partial charge in [0.15, 0.2) is 6.10 Å². The number of carbonyl (C=O) groups is 1. The van der Waals surface area contributed by atoms with E-state index in [-0.39, 0.29) is 10.8 Å². The third-order valence-electron chi connectivity index (χ3n) is 4.89. The molecule has 162 valence electrons. The van der Waals surface area contributed by atoms with E-state index >= 15 is 0 Å². The van der Waals surface area contributed by atoms with Gasteiger partial charge in [-0.3, -0.25) is 4.79 Å². The number of rotatable bonds is 6. The van der Waals surface area contributed by atoms with Crippen molar-refractivity contribution in [1.82, 2.24) is 4.31 Å². The highest BCUT2D eigenvalue weighted by Gasteiger charge is 2.25. The lowest BCUT2D eigenvalue weighted by molar-refractivity contribution is -0.122. The SMILES string of the molecule is CC(Oc1ccc(Cl)cc1Br)C(=O)Nc1ccc(S(=O)(=O)N2CCCCCC2)cc1. The first-order chi connectivity index (χ1) is 14.3. The number of carbonyl (C=O) groups excluding carboxylic acids is 1. The standard InChI is InChI=1S/C21H24BrClN2O4S/c1-15(29-20-11-6-16(23)14-19(20)22)21(26)24-17-7-9-18(10-8-17)30(27,28)25-12-4-2-3-5-13-25/h6-11,14-15H,2-5,12-13H2,1H3,(H,24,26). The van der Waals surface area contributed by atoms with E-state index in [2.05, 4.69) is 21.2 Å². The van der Waals surface area contributed by atoms with Gasteiger partial charge in [-0.15, -0.1) is 0 Å². The van der Waals surface area contributed by atoms with Crippen LogP contribution in [0.1, 0.15) is 32.6 Å². The number of halogens is 2. The molecule has 3 rings (SSSR count). The highest BCUT2D eigenvalue weighted by atomic mass is 79.9. The molecule has 30 heavy (non-hydrogen) atoms. The van der Waals surface area contributed by atoms with Gasteiger partial charge in [-0.05, 0) is 78.2 Å². The molecule has 1 amide bonds. The van der Waals surface area contributed by atoms with Crippen molar-refractivity contribution < 1.29 is 17.9 Å². The predicted octanol–water partition coefficient (Wildman–Crippen LogP) is 5.07. The Bertz CT molecular complexity index is 991. The third-order valence-corrected chi connectivity index (χ3v) is 7.66. The quantitative estimate of drug-likeness (QED) is 0.582. The summed E-state index contributed by atoms with van der Waals surface area (Å²) in [5.74, 6) is 0.154. The van der Waals surface area contributed by atoms with E-state index in [0.717, 1.165) is 25.7 Å². The van der Waals surface area contributed by atoms with Gasteiger partial charge in [-0.1, -0.05) is 24.4 Å². The number of hydrogen-bond donors (Lipinski definition) is 1. The minimum Gasteiger partial charge on any atom is -0.480 e. The lowest BCUT2D eigenvalue weighted by Gasteiger charge is -2.20. The molecule has 1 aliphatic heterocycles. The van der Waals surface area contributed by atoms with Crippen LogP contribution < -0.4 is 10.1 Å². The molecule has 1 heterocycles. The smallest absolute Gasteiger partial charge is 0.265 e. The van der Waals surface area contributed by atoms with Crippen LogP contribution in [0.5, 0.6) is 5.75 Å². The van der Waals surface area contributed by atoms with E-state index in [0.29, 0.717) is 34.0 Å². The normalized spacial score (nSPS) is 16.5. The van der Waals surface area contributed by atoms with Crippen LogP contribution in [0.3, 0.4) is 0 Å². The molecule has 0 bridgehead atoms. The van der Waals surface area contributed by atoms with Gasteiger partial charge in [0.05, 0.1) is 9.37 Å². The Kier molecular flexibility index (Phi) is 7.79. The Labute approximate surface area is 190 Å². The number of nitrogens with one attached hydrogen (secondary N) is 1. The van der Waals surface area contributed by atoms with E-state index < -0.39 is 16.1 Å². The molecule has 2 aromatic carbocycles. The molecule has 1 atom stereocenters. The van der Waals surface area contributed by atoms with E-state index in [1.54, 1.807) is 41.6 Å². The lowest BCUT2D eigenvalue weighted by atomic mass is 10.2. The fourth-order valence-electron chi connectivity index (χ4n) is 3.20. The highest BCUT2D eigenvalue weighted by Crippen LogP contribution is 2.29. The molecule has 9 heteroatoms. The summed E-state index contributed by atoms with van der Waals surface area (Å²) in [6.45, 7) is 2.74. The summed E-state index contributed by atoms with van der Waals surface area (Å²) in [6.07, 6.45) is 3.13. The Hall–Kier alpha value is -1.61. The Morgan fingerprint density at radius 1 is 1.10 bits per heavy atom.